The predicted octanol–water partition coefficient (Wildman–Crippen LogP) is 4.94. The number of rotatable bonds is 5. The number of piperidine rings is 3. The number of hydrogen-bond donors (Lipinski definition) is 1. The van der Waals surface area contributed by atoms with Crippen molar-refractivity contribution in [1.29, 1.82) is 0 Å². The van der Waals surface area contributed by atoms with E-state index in [9.17, 15) is 28.8 Å². The molecule has 6 aliphatic heterocycles. The first kappa shape index (κ1) is 36.1. The van der Waals surface area contributed by atoms with Gasteiger partial charge in [0.05, 0.1) is 17.7 Å². The summed E-state index contributed by atoms with van der Waals surface area (Å²) in [5.74, 6) is -1.92. The smallest absolute Gasteiger partial charge is 0.262 e. The topological polar surface area (TPSA) is 135 Å². The number of hydrogen-bond acceptors (Lipinski definition) is 8. The third-order valence-corrected chi connectivity index (χ3v) is 13.1. The normalized spacial score (nSPS) is 22.5. The number of benzene rings is 3. The van der Waals surface area contributed by atoms with Crippen molar-refractivity contribution in [3.05, 3.63) is 98.9 Å². The Kier molecular flexibility index (Phi) is 8.93. The maximum atomic E-state index is 13.6. The highest BCUT2D eigenvalue weighted by Gasteiger charge is 2.47. The molecule has 4 fully saturated rings. The van der Waals surface area contributed by atoms with Gasteiger partial charge >= 0.3 is 0 Å². The number of nitrogens with one attached hydrogen (secondary N) is 1. The average Bonchev–Trinajstić information content (AvgIpc) is 3.84. The van der Waals surface area contributed by atoms with Gasteiger partial charge in [-0.2, -0.15) is 0 Å². The minimum Gasteiger partial charge on any atom is -0.371 e. The van der Waals surface area contributed by atoms with E-state index in [1.54, 1.807) is 23.1 Å². The standard InChI is InChI=1S/C42H40ClN7O6/c1-44-34-7-6-30(20-33(34)43)49-24-42(21-37(49)52)12-16-47(17-13-42)39(54)25-2-4-28(5-3-25)46-14-10-29(11-15-46)48-22-26-18-31-32(19-27(26)23-48)41(56)50(40(31)55)35-8-9-36(51)45-38(35)53/h2-7,18-20,29,35H,8-17,21-24H2,(H,45,51,53). The quantitative estimate of drug-likeness (QED) is 0.285. The van der Waals surface area contributed by atoms with Gasteiger partial charge in [0.25, 0.3) is 17.7 Å². The lowest BCUT2D eigenvalue weighted by molar-refractivity contribution is -0.136. The summed E-state index contributed by atoms with van der Waals surface area (Å²) in [6, 6.07) is 16.0. The summed E-state index contributed by atoms with van der Waals surface area (Å²) in [6.07, 6.45) is 4.04. The van der Waals surface area contributed by atoms with Crippen LogP contribution in [0.3, 0.4) is 0 Å². The molecule has 286 valence electrons. The van der Waals surface area contributed by atoms with E-state index < -0.39 is 29.7 Å². The number of likely N-dealkylation sites (tertiary alicyclic amines) is 1. The molecule has 1 unspecified atom stereocenters. The summed E-state index contributed by atoms with van der Waals surface area (Å²) in [6.45, 7) is 12.1. The summed E-state index contributed by atoms with van der Waals surface area (Å²) in [5.41, 5.74) is 5.30. The molecule has 56 heavy (non-hydrogen) atoms. The minimum absolute atomic E-state index is 0.000501. The van der Waals surface area contributed by atoms with Gasteiger partial charge in [-0.05, 0) is 91.8 Å². The lowest BCUT2D eigenvalue weighted by Gasteiger charge is -2.39. The molecule has 3 aromatic carbocycles. The Hall–Kier alpha value is -5.58. The first-order chi connectivity index (χ1) is 27.0. The van der Waals surface area contributed by atoms with Gasteiger partial charge in [0, 0.05) is 92.1 Å². The van der Waals surface area contributed by atoms with Crippen molar-refractivity contribution in [3.8, 4) is 0 Å². The summed E-state index contributed by atoms with van der Waals surface area (Å²) in [4.78, 5) is 90.2. The Labute approximate surface area is 328 Å². The van der Waals surface area contributed by atoms with Crippen LogP contribution in [0.5, 0.6) is 0 Å². The van der Waals surface area contributed by atoms with Crippen LogP contribution in [-0.2, 0) is 27.5 Å². The Balaban J connectivity index is 0.768. The molecular weight excluding hydrogens is 734 g/mol. The van der Waals surface area contributed by atoms with Crippen LogP contribution in [0.15, 0.2) is 54.6 Å². The van der Waals surface area contributed by atoms with Crippen molar-refractivity contribution in [1.82, 2.24) is 20.0 Å². The van der Waals surface area contributed by atoms with Crippen LogP contribution < -0.4 is 15.1 Å². The van der Waals surface area contributed by atoms with Gasteiger partial charge in [0.2, 0.25) is 23.4 Å². The van der Waals surface area contributed by atoms with E-state index in [4.69, 9.17) is 18.2 Å². The molecule has 6 aliphatic rings. The Morgan fingerprint density at radius 2 is 1.46 bits per heavy atom. The highest BCUT2D eigenvalue weighted by atomic mass is 35.5. The maximum absolute atomic E-state index is 13.6. The zero-order valence-electron chi connectivity index (χ0n) is 30.8. The summed E-state index contributed by atoms with van der Waals surface area (Å²) in [5, 5.41) is 2.58. The van der Waals surface area contributed by atoms with Crippen molar-refractivity contribution in [2.45, 2.75) is 70.1 Å². The average molecular weight is 774 g/mol. The first-order valence-corrected chi connectivity index (χ1v) is 19.6. The number of amides is 6. The molecule has 0 aliphatic carbocycles. The van der Waals surface area contributed by atoms with Gasteiger partial charge in [-0.15, -0.1) is 0 Å². The number of nitrogens with zero attached hydrogens (tertiary/aromatic N) is 6. The number of carbonyl (C=O) groups excluding carboxylic acids is 6. The van der Waals surface area contributed by atoms with Gasteiger partial charge < -0.3 is 14.7 Å². The van der Waals surface area contributed by atoms with Crippen molar-refractivity contribution >= 4 is 64.1 Å². The van der Waals surface area contributed by atoms with E-state index in [-0.39, 0.29) is 30.1 Å². The van der Waals surface area contributed by atoms with Gasteiger partial charge in [-0.1, -0.05) is 17.7 Å². The molecule has 0 radical (unpaired) electrons. The molecule has 6 amide bonds. The molecule has 13 nitrogen and oxygen atoms in total. The lowest BCUT2D eigenvalue weighted by Crippen LogP contribution is -2.54. The first-order valence-electron chi connectivity index (χ1n) is 19.2. The van der Waals surface area contributed by atoms with Gasteiger partial charge in [-0.3, -0.25) is 43.9 Å². The van der Waals surface area contributed by atoms with Crippen molar-refractivity contribution in [2.75, 3.05) is 42.5 Å². The molecule has 0 bridgehead atoms. The molecule has 6 heterocycles. The molecule has 0 saturated carbocycles. The number of anilines is 2. The van der Waals surface area contributed by atoms with E-state index in [1.807, 2.05) is 41.3 Å². The summed E-state index contributed by atoms with van der Waals surface area (Å²) in [7, 11) is 0. The Morgan fingerprint density at radius 1 is 0.821 bits per heavy atom. The fourth-order valence-electron chi connectivity index (χ4n) is 9.54. The van der Waals surface area contributed by atoms with Gasteiger partial charge in [-0.25, -0.2) is 4.85 Å². The van der Waals surface area contributed by atoms with Crippen molar-refractivity contribution in [2.24, 2.45) is 5.41 Å². The molecule has 1 spiro atoms. The van der Waals surface area contributed by atoms with Crippen molar-refractivity contribution < 1.29 is 28.8 Å². The number of imide groups is 2. The molecule has 9 rings (SSSR count). The highest BCUT2D eigenvalue weighted by Crippen LogP contribution is 2.44. The van der Waals surface area contributed by atoms with Crippen LogP contribution in [0.1, 0.15) is 87.1 Å². The predicted molar refractivity (Wildman–Crippen MR) is 206 cm³/mol. The SMILES string of the molecule is [C-]#[N+]c1ccc(N2CC3(CCN(C(=O)c4ccc(N5CCC(N6Cc7cc8c(cc7C6)C(=O)N(C6CCC(=O)NC6=O)C8=O)CC5)cc4)CC3)CC2=O)cc1Cl. The van der Waals surface area contributed by atoms with E-state index in [0.29, 0.717) is 78.3 Å². The van der Waals surface area contributed by atoms with E-state index in [1.165, 1.54) is 0 Å². The van der Waals surface area contributed by atoms with Gasteiger partial charge in [0.1, 0.15) is 6.04 Å². The van der Waals surface area contributed by atoms with E-state index >= 15 is 0 Å². The highest BCUT2D eigenvalue weighted by molar-refractivity contribution is 6.33. The molecular formula is C42H40ClN7O6. The second-order valence-electron chi connectivity index (χ2n) is 16.0. The molecule has 0 aromatic heterocycles. The molecule has 14 heteroatoms. The third-order valence-electron chi connectivity index (χ3n) is 12.8. The third kappa shape index (κ3) is 6.21. The van der Waals surface area contributed by atoms with Crippen molar-refractivity contribution in [3.63, 3.8) is 0 Å². The van der Waals surface area contributed by atoms with E-state index in [2.05, 4.69) is 20.0 Å². The van der Waals surface area contributed by atoms with Crippen LogP contribution >= 0.6 is 11.6 Å². The lowest BCUT2D eigenvalue weighted by atomic mass is 9.77. The number of halogens is 1. The zero-order valence-corrected chi connectivity index (χ0v) is 31.5. The van der Waals surface area contributed by atoms with Crippen LogP contribution in [0, 0.1) is 12.0 Å². The second-order valence-corrected chi connectivity index (χ2v) is 16.4. The number of carbonyl (C=O) groups is 6. The molecule has 1 N–H and O–H groups in total. The van der Waals surface area contributed by atoms with Crippen LogP contribution in [0.2, 0.25) is 5.02 Å². The largest absolute Gasteiger partial charge is 0.371 e. The summed E-state index contributed by atoms with van der Waals surface area (Å²) >= 11 is 6.26. The summed E-state index contributed by atoms with van der Waals surface area (Å²) < 4.78 is 0. The van der Waals surface area contributed by atoms with Crippen LogP contribution in [0.25, 0.3) is 4.85 Å². The number of fused-ring (bicyclic) bond motifs is 2. The fourth-order valence-corrected chi connectivity index (χ4v) is 9.76. The Bertz CT molecular complexity index is 2210. The fraction of sp³-hybridized carbons (Fsp3) is 0.405. The minimum atomic E-state index is -0.973. The van der Waals surface area contributed by atoms with Crippen LogP contribution in [-0.4, -0.2) is 95.0 Å². The van der Waals surface area contributed by atoms with Crippen LogP contribution in [0.4, 0.5) is 17.1 Å². The van der Waals surface area contributed by atoms with E-state index in [0.717, 1.165) is 60.5 Å². The molecule has 3 aromatic rings. The second kappa shape index (κ2) is 13.9. The Morgan fingerprint density at radius 3 is 2.07 bits per heavy atom. The maximum Gasteiger partial charge on any atom is 0.262 e. The molecule has 1 atom stereocenters. The monoisotopic (exact) mass is 773 g/mol. The van der Waals surface area contributed by atoms with Gasteiger partial charge in [0.15, 0.2) is 0 Å². The zero-order chi connectivity index (χ0) is 38.9. The molecule has 4 saturated heterocycles.